The topological polar surface area (TPSA) is 80.3 Å². The van der Waals surface area contributed by atoms with E-state index >= 15 is 0 Å². The van der Waals surface area contributed by atoms with Crippen molar-refractivity contribution in [2.24, 2.45) is 5.92 Å². The van der Waals surface area contributed by atoms with Gasteiger partial charge < -0.3 is 4.72 Å². The summed E-state index contributed by atoms with van der Waals surface area (Å²) >= 11 is 0. The van der Waals surface area contributed by atoms with Crippen LogP contribution in [0.4, 0.5) is 5.69 Å². The second kappa shape index (κ2) is 7.52. The van der Waals surface area contributed by atoms with E-state index in [4.69, 9.17) is 0 Å². The van der Waals surface area contributed by atoms with Gasteiger partial charge in [-0.3, -0.25) is 14.4 Å². The fraction of sp³-hybridized carbons (Fsp3) is 0.474. The number of hydrogen-bond acceptors (Lipinski definition) is 4. The van der Waals surface area contributed by atoms with Gasteiger partial charge in [-0.25, -0.2) is 4.21 Å². The molecule has 2 rings (SSSR count). The number of benzene rings is 1. The molecule has 0 bridgehead atoms. The summed E-state index contributed by atoms with van der Waals surface area (Å²) in [5.41, 5.74) is 2.46. The molecule has 1 unspecified atom stereocenters. The van der Waals surface area contributed by atoms with Gasteiger partial charge in [-0.2, -0.15) is 0 Å². The van der Waals surface area contributed by atoms with Crippen LogP contribution in [0, 0.1) is 19.8 Å². The molecular formula is C19H25NO4S. The summed E-state index contributed by atoms with van der Waals surface area (Å²) in [6, 6.07) is 3.41. The van der Waals surface area contributed by atoms with Gasteiger partial charge in [0.2, 0.25) is 0 Å². The first-order chi connectivity index (χ1) is 11.7. The molecule has 0 spiro atoms. The van der Waals surface area contributed by atoms with Crippen LogP contribution in [-0.2, 0) is 19.3 Å². The van der Waals surface area contributed by atoms with Crippen LogP contribution in [0.25, 0.3) is 0 Å². The quantitative estimate of drug-likeness (QED) is 0.495. The van der Waals surface area contributed by atoms with Crippen molar-refractivity contribution in [2.75, 3.05) is 10.5 Å². The molecule has 5 nitrogen and oxygen atoms in total. The van der Waals surface area contributed by atoms with E-state index in [9.17, 15) is 18.6 Å². The van der Waals surface area contributed by atoms with E-state index in [2.05, 4.69) is 4.72 Å². The molecule has 1 aromatic carbocycles. The van der Waals surface area contributed by atoms with Crippen LogP contribution >= 0.6 is 0 Å². The van der Waals surface area contributed by atoms with Crippen LogP contribution in [0.1, 0.15) is 54.6 Å². The molecule has 0 aromatic heterocycles. The first-order valence-electron chi connectivity index (χ1n) is 8.53. The zero-order chi connectivity index (χ0) is 18.8. The number of carbonyl (C=O) groups is 3. The van der Waals surface area contributed by atoms with E-state index in [0.717, 1.165) is 5.56 Å². The zero-order valence-electron chi connectivity index (χ0n) is 15.2. The fourth-order valence-electron chi connectivity index (χ4n) is 3.09. The molecule has 1 aliphatic carbocycles. The Morgan fingerprint density at radius 3 is 2.36 bits per heavy atom. The molecule has 25 heavy (non-hydrogen) atoms. The molecule has 1 fully saturated rings. The third-order valence-corrected chi connectivity index (χ3v) is 6.94. The number of carbonyl (C=O) groups excluding carboxylic acids is 3. The fourth-order valence-corrected chi connectivity index (χ4v) is 4.35. The molecular weight excluding hydrogens is 338 g/mol. The van der Waals surface area contributed by atoms with Crippen LogP contribution in [-0.4, -0.2) is 32.7 Å². The first-order valence-corrected chi connectivity index (χ1v) is 10.3. The summed E-state index contributed by atoms with van der Waals surface area (Å²) in [6.07, 6.45) is 1.06. The Bertz CT molecular complexity index is 831. The van der Waals surface area contributed by atoms with Crippen molar-refractivity contribution in [3.8, 4) is 0 Å². The smallest absolute Gasteiger partial charge is 0.181 e. The van der Waals surface area contributed by atoms with Crippen molar-refractivity contribution < 1.29 is 18.6 Å². The van der Waals surface area contributed by atoms with Crippen molar-refractivity contribution in [2.45, 2.75) is 47.0 Å². The van der Waals surface area contributed by atoms with E-state index < -0.39 is 21.4 Å². The Hall–Kier alpha value is -1.95. The Morgan fingerprint density at radius 2 is 1.84 bits per heavy atom. The van der Waals surface area contributed by atoms with Crippen LogP contribution in [0.3, 0.4) is 0 Å². The van der Waals surface area contributed by atoms with Crippen molar-refractivity contribution in [1.29, 1.82) is 0 Å². The number of hydrogen-bond donors (Lipinski definition) is 1. The Morgan fingerprint density at radius 1 is 1.24 bits per heavy atom. The number of nitrogens with one attached hydrogen (secondary N) is 1. The first kappa shape index (κ1) is 19.4. The Balaban J connectivity index is 2.48. The Kier molecular flexibility index (Phi) is 5.83. The maximum absolute atomic E-state index is 12.9. The van der Waals surface area contributed by atoms with Gasteiger partial charge in [-0.15, -0.1) is 0 Å². The lowest BCUT2D eigenvalue weighted by atomic mass is 9.80. The molecule has 1 aromatic rings. The molecule has 1 saturated carbocycles. The number of rotatable bonds is 5. The zero-order valence-corrected chi connectivity index (χ0v) is 16.0. The van der Waals surface area contributed by atoms with Crippen LogP contribution in [0.2, 0.25) is 0 Å². The summed E-state index contributed by atoms with van der Waals surface area (Å²) < 4.78 is 15.8. The number of ketones is 3. The number of aryl methyl sites for hydroxylation is 1. The standard InChI is InChI=1S/C19H25NO4S/c1-5-25(24,6-2)20-18-12(3)10-11-14(13(18)4)19(23)17-15(21)8-7-9-16(17)22/h5,10-11,17H,6-9H2,1-4H3,(H,20,24). The average Bonchev–Trinajstić information content (AvgIpc) is 2.58. The SMILES string of the molecule is CC=S(=O)(CC)Nc1c(C)ccc(C(=O)C2C(=O)CCCC2=O)c1C. The minimum absolute atomic E-state index is 0.270. The van der Waals surface area contributed by atoms with Gasteiger partial charge in [0.05, 0.1) is 5.69 Å². The lowest BCUT2D eigenvalue weighted by Crippen LogP contribution is -2.35. The number of Topliss-reactive ketones (excluding diaryl/α,β-unsaturated/α-hetero) is 3. The van der Waals surface area contributed by atoms with E-state index in [1.165, 1.54) is 0 Å². The summed E-state index contributed by atoms with van der Waals surface area (Å²) in [5.74, 6) is -1.79. The van der Waals surface area contributed by atoms with E-state index in [-0.39, 0.29) is 24.4 Å². The average molecular weight is 363 g/mol. The monoisotopic (exact) mass is 363 g/mol. The predicted molar refractivity (Wildman–Crippen MR) is 102 cm³/mol. The van der Waals surface area contributed by atoms with Gasteiger partial charge in [0.1, 0.15) is 5.92 Å². The molecule has 1 aliphatic rings. The highest BCUT2D eigenvalue weighted by Crippen LogP contribution is 2.29. The van der Waals surface area contributed by atoms with Crippen molar-refractivity contribution in [1.82, 2.24) is 0 Å². The largest absolute Gasteiger partial charge is 0.312 e. The second-order valence-corrected chi connectivity index (χ2v) is 9.07. The molecule has 0 aliphatic heterocycles. The van der Waals surface area contributed by atoms with Crippen LogP contribution in [0.15, 0.2) is 12.1 Å². The predicted octanol–water partition coefficient (Wildman–Crippen LogP) is 2.88. The third kappa shape index (κ3) is 3.84. The maximum atomic E-state index is 12.9. The van der Waals surface area contributed by atoms with Gasteiger partial charge in [0.15, 0.2) is 17.3 Å². The second-order valence-electron chi connectivity index (χ2n) is 6.37. The van der Waals surface area contributed by atoms with Gasteiger partial charge >= 0.3 is 0 Å². The molecule has 1 N–H and O–H groups in total. The van der Waals surface area contributed by atoms with Gasteiger partial charge in [-0.1, -0.05) is 19.1 Å². The van der Waals surface area contributed by atoms with Crippen LogP contribution in [0.5, 0.6) is 0 Å². The highest BCUT2D eigenvalue weighted by molar-refractivity contribution is 8.02. The lowest BCUT2D eigenvalue weighted by molar-refractivity contribution is -0.133. The highest BCUT2D eigenvalue weighted by Gasteiger charge is 2.37. The molecule has 0 heterocycles. The van der Waals surface area contributed by atoms with Crippen molar-refractivity contribution in [3.05, 3.63) is 28.8 Å². The highest BCUT2D eigenvalue weighted by atomic mass is 32.2. The van der Waals surface area contributed by atoms with Crippen molar-refractivity contribution >= 4 is 38.1 Å². The molecule has 0 saturated heterocycles. The molecule has 6 heteroatoms. The minimum atomic E-state index is -2.37. The summed E-state index contributed by atoms with van der Waals surface area (Å²) in [4.78, 5) is 37.1. The summed E-state index contributed by atoms with van der Waals surface area (Å²) in [5, 5.41) is 1.63. The van der Waals surface area contributed by atoms with Gasteiger partial charge in [-0.05, 0) is 43.7 Å². The summed E-state index contributed by atoms with van der Waals surface area (Å²) in [7, 11) is -2.37. The van der Waals surface area contributed by atoms with E-state index in [1.54, 1.807) is 31.3 Å². The van der Waals surface area contributed by atoms with E-state index in [0.29, 0.717) is 29.0 Å². The molecule has 0 radical (unpaired) electrons. The maximum Gasteiger partial charge on any atom is 0.181 e. The van der Waals surface area contributed by atoms with Gasteiger partial charge in [0.25, 0.3) is 0 Å². The Labute approximate surface area is 149 Å². The van der Waals surface area contributed by atoms with Crippen molar-refractivity contribution in [3.63, 3.8) is 0 Å². The number of anilines is 1. The lowest BCUT2D eigenvalue weighted by Gasteiger charge is -2.22. The van der Waals surface area contributed by atoms with Crippen LogP contribution < -0.4 is 4.72 Å². The third-order valence-electron chi connectivity index (χ3n) is 4.78. The molecule has 1 atom stereocenters. The molecule has 0 amide bonds. The normalized spacial score (nSPS) is 17.9. The van der Waals surface area contributed by atoms with Gasteiger partial charge in [0, 0.05) is 33.9 Å². The minimum Gasteiger partial charge on any atom is -0.312 e. The van der Waals surface area contributed by atoms with E-state index in [1.807, 2.05) is 13.8 Å². The molecule has 136 valence electrons. The summed E-state index contributed by atoms with van der Waals surface area (Å²) in [6.45, 7) is 7.18.